The number of rotatable bonds is 13. The molecule has 0 aliphatic carbocycles. The smallest absolute Gasteiger partial charge is 0.303 e. The molecule has 182 valence electrons. The third kappa shape index (κ3) is 6.63. The number of carboxylic acids is 1. The zero-order valence-corrected chi connectivity index (χ0v) is 21.0. The van der Waals surface area contributed by atoms with Crippen molar-refractivity contribution in [3.8, 4) is 5.75 Å². The van der Waals surface area contributed by atoms with Crippen LogP contribution in [0, 0.1) is 5.92 Å². The predicted molar refractivity (Wildman–Crippen MR) is 137 cm³/mol. The van der Waals surface area contributed by atoms with Gasteiger partial charge in [0.25, 0.3) is 0 Å². The number of nitrogens with zero attached hydrogens (tertiary/aromatic N) is 1. The first-order valence-corrected chi connectivity index (χ1v) is 12.3. The number of fused-ring (bicyclic) bond motifs is 1. The molecule has 0 bridgehead atoms. The highest BCUT2D eigenvalue weighted by molar-refractivity contribution is 6.31. The largest absolute Gasteiger partial charge is 0.497 e. The van der Waals surface area contributed by atoms with Gasteiger partial charge in [-0.3, -0.25) is 9.59 Å². The summed E-state index contributed by atoms with van der Waals surface area (Å²) >= 11 is 6.26. The number of hydrogen-bond acceptors (Lipinski definition) is 3. The predicted octanol–water partition coefficient (Wildman–Crippen LogP) is 6.87. The van der Waals surface area contributed by atoms with Gasteiger partial charge in [-0.05, 0) is 67.5 Å². The van der Waals surface area contributed by atoms with Gasteiger partial charge in [-0.2, -0.15) is 0 Å². The Morgan fingerprint density at radius 2 is 1.76 bits per heavy atom. The van der Waals surface area contributed by atoms with Crippen molar-refractivity contribution in [3.63, 3.8) is 0 Å². The van der Waals surface area contributed by atoms with Gasteiger partial charge in [0.15, 0.2) is 5.78 Å². The molecule has 1 heterocycles. The number of unbranched alkanes of at least 4 members (excludes halogenated alkanes) is 3. The molecule has 1 atom stereocenters. The third-order valence-electron chi connectivity index (χ3n) is 6.38. The van der Waals surface area contributed by atoms with Crippen LogP contribution in [0.25, 0.3) is 10.9 Å². The summed E-state index contributed by atoms with van der Waals surface area (Å²) in [5, 5.41) is 10.5. The van der Waals surface area contributed by atoms with Gasteiger partial charge in [-0.1, -0.05) is 43.5 Å². The van der Waals surface area contributed by atoms with Crippen LogP contribution in [-0.2, 0) is 24.7 Å². The Kier molecular flexibility index (Phi) is 9.17. The number of aliphatic carboxylic acids is 1. The van der Waals surface area contributed by atoms with E-state index in [0.717, 1.165) is 60.9 Å². The van der Waals surface area contributed by atoms with E-state index in [2.05, 4.69) is 16.7 Å². The Bertz CT molecular complexity index is 1150. The number of carbonyl (C=O) groups is 2. The van der Waals surface area contributed by atoms with Crippen LogP contribution in [0.4, 0.5) is 0 Å². The first kappa shape index (κ1) is 25.8. The minimum Gasteiger partial charge on any atom is -0.497 e. The van der Waals surface area contributed by atoms with E-state index in [4.69, 9.17) is 21.4 Å². The molecule has 0 radical (unpaired) electrons. The summed E-state index contributed by atoms with van der Waals surface area (Å²) in [6, 6.07) is 13.8. The number of methoxy groups -OCH3 is 1. The molecule has 3 aromatic rings. The van der Waals surface area contributed by atoms with E-state index in [1.54, 1.807) is 7.11 Å². The second kappa shape index (κ2) is 12.1. The monoisotopic (exact) mass is 483 g/mol. The van der Waals surface area contributed by atoms with Crippen LogP contribution in [0.15, 0.2) is 42.5 Å². The van der Waals surface area contributed by atoms with Gasteiger partial charge in [0.2, 0.25) is 0 Å². The summed E-state index contributed by atoms with van der Waals surface area (Å²) in [7, 11) is 3.68. The minimum absolute atomic E-state index is 0.00496. The number of ketones is 1. The number of carboxylic acid groups (broad SMARTS) is 1. The minimum atomic E-state index is -0.879. The van der Waals surface area contributed by atoms with Gasteiger partial charge in [0, 0.05) is 47.1 Å². The summed E-state index contributed by atoms with van der Waals surface area (Å²) in [5.74, 6) is -0.211. The second-order valence-electron chi connectivity index (χ2n) is 9.14. The van der Waals surface area contributed by atoms with Crippen LogP contribution in [0.5, 0.6) is 5.75 Å². The molecule has 0 amide bonds. The first-order valence-electron chi connectivity index (χ1n) is 11.9. The van der Waals surface area contributed by atoms with Gasteiger partial charge in [0.1, 0.15) is 5.75 Å². The van der Waals surface area contributed by atoms with Gasteiger partial charge in [0.05, 0.1) is 7.11 Å². The van der Waals surface area contributed by atoms with Crippen molar-refractivity contribution in [1.82, 2.24) is 4.57 Å². The number of Topliss-reactive ketones (excluding diaryl/α,β-unsaturated/α-hetero) is 1. The van der Waals surface area contributed by atoms with Crippen LogP contribution >= 0.6 is 11.6 Å². The molecule has 0 unspecified atom stereocenters. The van der Waals surface area contributed by atoms with Crippen molar-refractivity contribution in [2.24, 2.45) is 13.0 Å². The number of halogens is 1. The number of carbonyl (C=O) groups excluding carboxylic acids is 1. The topological polar surface area (TPSA) is 68.5 Å². The molecule has 0 aliphatic heterocycles. The van der Waals surface area contributed by atoms with E-state index in [9.17, 15) is 9.59 Å². The number of hydrogen-bond donors (Lipinski definition) is 1. The number of aromatic nitrogens is 1. The molecule has 1 aromatic heterocycles. The van der Waals surface area contributed by atoms with Crippen molar-refractivity contribution in [1.29, 1.82) is 0 Å². The molecule has 0 aliphatic rings. The fraction of sp³-hybridized carbons (Fsp3) is 0.429. The van der Waals surface area contributed by atoms with Gasteiger partial charge >= 0.3 is 5.97 Å². The van der Waals surface area contributed by atoms with E-state index >= 15 is 0 Å². The lowest BCUT2D eigenvalue weighted by Gasteiger charge is -2.11. The van der Waals surface area contributed by atoms with Crippen molar-refractivity contribution >= 4 is 34.3 Å². The van der Waals surface area contributed by atoms with Crippen LogP contribution in [0.2, 0.25) is 5.02 Å². The lowest BCUT2D eigenvalue weighted by molar-refractivity contribution is -0.137. The highest BCUT2D eigenvalue weighted by Gasteiger charge is 2.23. The molecular weight excluding hydrogens is 450 g/mol. The van der Waals surface area contributed by atoms with E-state index in [0.29, 0.717) is 10.6 Å². The average Bonchev–Trinajstić information content (AvgIpc) is 3.06. The van der Waals surface area contributed by atoms with E-state index in [-0.39, 0.29) is 24.5 Å². The maximum Gasteiger partial charge on any atom is 0.303 e. The molecule has 5 nitrogen and oxygen atoms in total. The van der Waals surface area contributed by atoms with Crippen molar-refractivity contribution in [2.75, 3.05) is 7.11 Å². The maximum absolute atomic E-state index is 13.3. The summed E-state index contributed by atoms with van der Waals surface area (Å²) in [6.07, 6.45) is 6.31. The van der Waals surface area contributed by atoms with Crippen LogP contribution in [0.3, 0.4) is 0 Å². The molecule has 2 aromatic carbocycles. The zero-order valence-electron chi connectivity index (χ0n) is 20.3. The normalized spacial score (nSPS) is 12.1. The molecule has 0 fully saturated rings. The van der Waals surface area contributed by atoms with E-state index in [1.165, 1.54) is 5.56 Å². The molecule has 0 saturated carbocycles. The van der Waals surface area contributed by atoms with Gasteiger partial charge in [-0.25, -0.2) is 0 Å². The molecule has 34 heavy (non-hydrogen) atoms. The number of aryl methyl sites for hydroxylation is 2. The fourth-order valence-corrected chi connectivity index (χ4v) is 4.84. The number of benzene rings is 2. The van der Waals surface area contributed by atoms with Crippen molar-refractivity contribution < 1.29 is 19.4 Å². The molecular formula is C28H34ClNO4. The van der Waals surface area contributed by atoms with Crippen LogP contribution in [0.1, 0.15) is 67.1 Å². The highest BCUT2D eigenvalue weighted by atomic mass is 35.5. The van der Waals surface area contributed by atoms with Crippen molar-refractivity contribution in [3.05, 3.63) is 64.3 Å². The number of ether oxygens (including phenoxy) is 1. The molecule has 3 rings (SSSR count). The Morgan fingerprint density at radius 1 is 1.03 bits per heavy atom. The van der Waals surface area contributed by atoms with Crippen molar-refractivity contribution in [2.45, 2.75) is 58.3 Å². The highest BCUT2D eigenvalue weighted by Crippen LogP contribution is 2.31. The van der Waals surface area contributed by atoms with Crippen LogP contribution < -0.4 is 4.74 Å². The van der Waals surface area contributed by atoms with Gasteiger partial charge < -0.3 is 14.4 Å². The summed E-state index contributed by atoms with van der Waals surface area (Å²) in [4.78, 5) is 24.3. The van der Waals surface area contributed by atoms with Gasteiger partial charge in [-0.15, -0.1) is 0 Å². The Balaban J connectivity index is 1.66. The lowest BCUT2D eigenvalue weighted by Crippen LogP contribution is -2.12. The Hall–Kier alpha value is -2.79. The molecule has 1 N–H and O–H groups in total. The molecule has 0 spiro atoms. The summed E-state index contributed by atoms with van der Waals surface area (Å²) in [6.45, 7) is 1.81. The second-order valence-corrected chi connectivity index (χ2v) is 9.57. The maximum atomic E-state index is 13.3. The molecule has 6 heteroatoms. The summed E-state index contributed by atoms with van der Waals surface area (Å²) < 4.78 is 7.39. The third-order valence-corrected chi connectivity index (χ3v) is 6.62. The van der Waals surface area contributed by atoms with E-state index in [1.807, 2.05) is 44.3 Å². The Morgan fingerprint density at radius 3 is 2.47 bits per heavy atom. The first-order chi connectivity index (χ1) is 16.3. The Labute approximate surface area is 206 Å². The fourth-order valence-electron chi connectivity index (χ4n) is 4.67. The van der Waals surface area contributed by atoms with E-state index < -0.39 is 5.97 Å². The van der Waals surface area contributed by atoms with Crippen LogP contribution in [-0.4, -0.2) is 28.5 Å². The summed E-state index contributed by atoms with van der Waals surface area (Å²) in [5.41, 5.74) is 3.98. The average molecular weight is 484 g/mol. The zero-order chi connectivity index (χ0) is 24.7. The standard InChI is InChI=1S/C28H34ClNO4/c1-19(16-27(32)33)15-26(31)28-23-18-21(29)13-14-24(23)30(2)25(28)12-7-5-4-6-9-20-10-8-11-22(17-20)34-3/h8,10-11,13-14,17-19H,4-7,9,12,15-16H2,1-3H3,(H,32,33)/t19-/m1/s1. The SMILES string of the molecule is COc1cccc(CCCCCCc2c(C(=O)C[C@@H](C)CC(=O)O)c3cc(Cl)ccc3n2C)c1. The lowest BCUT2D eigenvalue weighted by atomic mass is 9.94. The molecule has 0 saturated heterocycles. The quantitative estimate of drug-likeness (QED) is 0.213.